The summed E-state index contributed by atoms with van der Waals surface area (Å²) < 4.78 is 18.7. The predicted molar refractivity (Wildman–Crippen MR) is 63.6 cm³/mol. The van der Waals surface area contributed by atoms with E-state index in [1.807, 2.05) is 0 Å². The number of carbonyl (C=O) groups excluding carboxylic acids is 1. The summed E-state index contributed by atoms with van der Waals surface area (Å²) in [7, 11) is 0. The lowest BCUT2D eigenvalue weighted by Gasteiger charge is -2.16. The van der Waals surface area contributed by atoms with Crippen LogP contribution in [0, 0.1) is 11.2 Å². The summed E-state index contributed by atoms with van der Waals surface area (Å²) in [5, 5.41) is 0. The molecule has 0 aliphatic carbocycles. The Morgan fingerprint density at radius 1 is 1.50 bits per heavy atom. The van der Waals surface area contributed by atoms with Gasteiger partial charge in [0.15, 0.2) is 0 Å². The van der Waals surface area contributed by atoms with Crippen LogP contribution in [0.15, 0.2) is 22.7 Å². The molecule has 1 aromatic carbocycles. The number of hydrogen-bond donors (Lipinski definition) is 0. The van der Waals surface area contributed by atoms with Crippen molar-refractivity contribution in [3.05, 3.63) is 34.1 Å². The fourth-order valence-electron chi connectivity index (χ4n) is 1.10. The lowest BCUT2D eigenvalue weighted by molar-refractivity contribution is -0.117. The lowest BCUT2D eigenvalue weighted by Crippen LogP contribution is -2.20. The molecule has 0 spiro atoms. The highest BCUT2D eigenvalue weighted by Gasteiger charge is 2.16. The van der Waals surface area contributed by atoms with Gasteiger partial charge in [0.05, 0.1) is 17.7 Å². The molecule has 0 radical (unpaired) electrons. The van der Waals surface area contributed by atoms with Crippen molar-refractivity contribution in [1.29, 1.82) is 0 Å². The molecule has 0 saturated heterocycles. The first-order chi connectivity index (χ1) is 7.44. The average molecular weight is 289 g/mol. The van der Waals surface area contributed by atoms with E-state index in [1.54, 1.807) is 26.0 Å². The van der Waals surface area contributed by atoms with Crippen molar-refractivity contribution in [1.82, 2.24) is 0 Å². The van der Waals surface area contributed by atoms with Gasteiger partial charge in [0, 0.05) is 5.41 Å². The average Bonchev–Trinajstić information content (AvgIpc) is 2.23. The summed E-state index contributed by atoms with van der Waals surface area (Å²) in [5.41, 5.74) is 0.395. The third-order valence-corrected chi connectivity index (χ3v) is 2.65. The number of aldehydes is 1. The molecule has 1 rings (SSSR count). The highest BCUT2D eigenvalue weighted by Crippen LogP contribution is 2.18. The van der Waals surface area contributed by atoms with Gasteiger partial charge in [-0.2, -0.15) is 0 Å². The second kappa shape index (κ2) is 5.55. The second-order valence-electron chi connectivity index (χ2n) is 4.35. The fraction of sp³-hybridized carbons (Fsp3) is 0.417. The first-order valence-corrected chi connectivity index (χ1v) is 5.72. The van der Waals surface area contributed by atoms with Gasteiger partial charge in [0.1, 0.15) is 12.1 Å². The third-order valence-electron chi connectivity index (χ3n) is 2.05. The minimum absolute atomic E-state index is 0.294. The smallest absolute Gasteiger partial charge is 0.137 e. The Morgan fingerprint density at radius 3 is 2.75 bits per heavy atom. The van der Waals surface area contributed by atoms with E-state index in [4.69, 9.17) is 4.74 Å². The molecule has 16 heavy (non-hydrogen) atoms. The molecule has 0 fully saturated rings. The van der Waals surface area contributed by atoms with Crippen LogP contribution < -0.4 is 0 Å². The van der Waals surface area contributed by atoms with Crippen LogP contribution in [0.3, 0.4) is 0 Å². The summed E-state index contributed by atoms with van der Waals surface area (Å²) in [6.07, 6.45) is 0.869. The van der Waals surface area contributed by atoms with Crippen LogP contribution in [-0.4, -0.2) is 12.9 Å². The molecular formula is C12H14BrFO2. The molecule has 0 aliphatic rings. The maximum Gasteiger partial charge on any atom is 0.137 e. The Bertz CT molecular complexity index is 377. The predicted octanol–water partition coefficient (Wildman–Crippen LogP) is 3.33. The van der Waals surface area contributed by atoms with Crippen molar-refractivity contribution in [3.8, 4) is 0 Å². The van der Waals surface area contributed by atoms with E-state index in [9.17, 15) is 9.18 Å². The number of carbonyl (C=O) groups is 1. The third kappa shape index (κ3) is 4.02. The summed E-state index contributed by atoms with van der Waals surface area (Å²) in [6.45, 7) is 4.34. The molecule has 4 heteroatoms. The molecule has 0 amide bonds. The molecule has 0 heterocycles. The van der Waals surface area contributed by atoms with Gasteiger partial charge in [-0.05, 0) is 33.6 Å². The molecule has 1 aromatic rings. The van der Waals surface area contributed by atoms with Crippen LogP contribution in [-0.2, 0) is 16.1 Å². The summed E-state index contributed by atoms with van der Waals surface area (Å²) in [6, 6.07) is 4.71. The number of ether oxygens (including phenoxy) is 1. The maximum absolute atomic E-state index is 12.9. The summed E-state index contributed by atoms with van der Waals surface area (Å²) in [5.74, 6) is -0.294. The van der Waals surface area contributed by atoms with Gasteiger partial charge in [-0.25, -0.2) is 4.39 Å². The van der Waals surface area contributed by atoms with Crippen molar-refractivity contribution >= 4 is 22.2 Å². The van der Waals surface area contributed by atoms with Gasteiger partial charge in [-0.1, -0.05) is 19.9 Å². The topological polar surface area (TPSA) is 26.3 Å². The number of rotatable bonds is 5. The summed E-state index contributed by atoms with van der Waals surface area (Å²) in [4.78, 5) is 10.6. The Labute approximate surface area is 103 Å². The fourth-order valence-corrected chi connectivity index (χ4v) is 1.52. The molecular weight excluding hydrogens is 275 g/mol. The zero-order valence-corrected chi connectivity index (χ0v) is 10.9. The van der Waals surface area contributed by atoms with Gasteiger partial charge in [0.2, 0.25) is 0 Å². The van der Waals surface area contributed by atoms with Gasteiger partial charge < -0.3 is 9.53 Å². The first-order valence-electron chi connectivity index (χ1n) is 4.92. The molecule has 0 atom stereocenters. The lowest BCUT2D eigenvalue weighted by atomic mass is 9.98. The van der Waals surface area contributed by atoms with Crippen LogP contribution in [0.4, 0.5) is 4.39 Å². The van der Waals surface area contributed by atoms with E-state index in [-0.39, 0.29) is 5.82 Å². The molecule has 0 unspecified atom stereocenters. The number of hydrogen-bond acceptors (Lipinski definition) is 2. The van der Waals surface area contributed by atoms with Crippen LogP contribution in [0.25, 0.3) is 0 Å². The van der Waals surface area contributed by atoms with Crippen LogP contribution in [0.1, 0.15) is 19.4 Å². The van der Waals surface area contributed by atoms with E-state index in [2.05, 4.69) is 15.9 Å². The van der Waals surface area contributed by atoms with E-state index in [1.165, 1.54) is 6.07 Å². The van der Waals surface area contributed by atoms with Crippen LogP contribution in [0.2, 0.25) is 0 Å². The normalized spacial score (nSPS) is 11.5. The van der Waals surface area contributed by atoms with Gasteiger partial charge in [-0.15, -0.1) is 0 Å². The zero-order chi connectivity index (χ0) is 12.2. The van der Waals surface area contributed by atoms with Gasteiger partial charge in [-0.3, -0.25) is 0 Å². The largest absolute Gasteiger partial charge is 0.376 e. The number of benzene rings is 1. The standard InChI is InChI=1S/C12H14BrFO2/c1-12(2,7-15)8-16-6-9-3-4-11(14)10(13)5-9/h3-5,7H,6,8H2,1-2H3. The summed E-state index contributed by atoms with van der Waals surface area (Å²) >= 11 is 3.10. The minimum Gasteiger partial charge on any atom is -0.376 e. The van der Waals surface area contributed by atoms with Crippen molar-refractivity contribution in [3.63, 3.8) is 0 Å². The number of halogens is 2. The Balaban J connectivity index is 2.49. The first kappa shape index (κ1) is 13.3. The van der Waals surface area contributed by atoms with Crippen LogP contribution in [0.5, 0.6) is 0 Å². The molecule has 88 valence electrons. The molecule has 0 saturated carbocycles. The van der Waals surface area contributed by atoms with Crippen molar-refractivity contribution < 1.29 is 13.9 Å². The molecule has 2 nitrogen and oxygen atoms in total. The van der Waals surface area contributed by atoms with E-state index in [0.29, 0.717) is 17.7 Å². The second-order valence-corrected chi connectivity index (χ2v) is 5.20. The Hall–Kier alpha value is -0.740. The van der Waals surface area contributed by atoms with Crippen LogP contribution >= 0.6 is 15.9 Å². The Morgan fingerprint density at radius 2 is 2.19 bits per heavy atom. The minimum atomic E-state index is -0.475. The Kier molecular flexibility index (Phi) is 4.62. The van der Waals surface area contributed by atoms with E-state index in [0.717, 1.165) is 11.8 Å². The molecule has 0 aliphatic heterocycles. The van der Waals surface area contributed by atoms with E-state index >= 15 is 0 Å². The monoisotopic (exact) mass is 288 g/mol. The van der Waals surface area contributed by atoms with Crippen molar-refractivity contribution in [2.24, 2.45) is 5.41 Å². The quantitative estimate of drug-likeness (QED) is 0.777. The van der Waals surface area contributed by atoms with Crippen molar-refractivity contribution in [2.75, 3.05) is 6.61 Å². The van der Waals surface area contributed by atoms with E-state index < -0.39 is 5.41 Å². The zero-order valence-electron chi connectivity index (χ0n) is 9.30. The van der Waals surface area contributed by atoms with Crippen molar-refractivity contribution in [2.45, 2.75) is 20.5 Å². The molecule has 0 aromatic heterocycles. The maximum atomic E-state index is 12.9. The van der Waals surface area contributed by atoms with Gasteiger partial charge in [0.25, 0.3) is 0 Å². The highest BCUT2D eigenvalue weighted by molar-refractivity contribution is 9.10. The highest BCUT2D eigenvalue weighted by atomic mass is 79.9. The SMILES string of the molecule is CC(C)(C=O)COCc1ccc(F)c(Br)c1. The van der Waals surface area contributed by atoms with Gasteiger partial charge >= 0.3 is 0 Å². The molecule has 0 bridgehead atoms. The molecule has 0 N–H and O–H groups in total.